The van der Waals surface area contributed by atoms with Gasteiger partial charge < -0.3 is 0 Å². The fourth-order valence-corrected chi connectivity index (χ4v) is 1.74. The Balaban J connectivity index is 2.58. The third-order valence-electron chi connectivity index (χ3n) is 2.36. The van der Waals surface area contributed by atoms with Crippen molar-refractivity contribution < 1.29 is 18.0 Å². The van der Waals surface area contributed by atoms with Crippen molar-refractivity contribution in [3.05, 3.63) is 40.5 Å². The molecule has 0 unspecified atom stereocenters. The molecule has 2 aromatic rings. The summed E-state index contributed by atoms with van der Waals surface area (Å²) in [5.41, 5.74) is -0.336. The average Bonchev–Trinajstić information content (AvgIpc) is 2.76. The van der Waals surface area contributed by atoms with Gasteiger partial charge in [0.2, 0.25) is 0 Å². The van der Waals surface area contributed by atoms with Gasteiger partial charge >= 0.3 is 6.18 Å². The summed E-state index contributed by atoms with van der Waals surface area (Å²) in [6.45, 7) is 0. The molecular formula is C11H6ClF3N2O. The first-order valence-corrected chi connectivity index (χ1v) is 5.17. The van der Waals surface area contributed by atoms with Gasteiger partial charge in [0.05, 0.1) is 28.0 Å². The third kappa shape index (κ3) is 2.24. The van der Waals surface area contributed by atoms with Gasteiger partial charge in [-0.2, -0.15) is 18.3 Å². The van der Waals surface area contributed by atoms with Gasteiger partial charge in [0.15, 0.2) is 6.29 Å². The topological polar surface area (TPSA) is 45.8 Å². The van der Waals surface area contributed by atoms with E-state index >= 15 is 0 Å². The van der Waals surface area contributed by atoms with E-state index < -0.39 is 16.8 Å². The van der Waals surface area contributed by atoms with Crippen LogP contribution < -0.4 is 0 Å². The largest absolute Gasteiger partial charge is 0.417 e. The van der Waals surface area contributed by atoms with Crippen LogP contribution in [0.1, 0.15) is 15.9 Å². The van der Waals surface area contributed by atoms with E-state index in [0.29, 0.717) is 6.29 Å². The van der Waals surface area contributed by atoms with Crippen molar-refractivity contribution in [2.75, 3.05) is 0 Å². The Morgan fingerprint density at radius 1 is 1.33 bits per heavy atom. The van der Waals surface area contributed by atoms with Crippen molar-refractivity contribution in [2.24, 2.45) is 0 Å². The molecule has 3 nitrogen and oxygen atoms in total. The van der Waals surface area contributed by atoms with E-state index in [9.17, 15) is 18.0 Å². The lowest BCUT2D eigenvalue weighted by Crippen LogP contribution is -2.06. The molecule has 0 atom stereocenters. The molecule has 0 saturated carbocycles. The zero-order valence-electron chi connectivity index (χ0n) is 8.75. The maximum Gasteiger partial charge on any atom is 0.417 e. The number of aldehydes is 1. The first-order valence-electron chi connectivity index (χ1n) is 4.79. The number of alkyl halides is 3. The summed E-state index contributed by atoms with van der Waals surface area (Å²) in [5, 5.41) is 5.70. The molecule has 18 heavy (non-hydrogen) atoms. The van der Waals surface area contributed by atoms with Gasteiger partial charge in [0.25, 0.3) is 0 Å². The van der Waals surface area contributed by atoms with Crippen LogP contribution in [0.2, 0.25) is 5.02 Å². The fraction of sp³-hybridized carbons (Fsp3) is 0.0909. The van der Waals surface area contributed by atoms with Gasteiger partial charge in [-0.15, -0.1) is 0 Å². The van der Waals surface area contributed by atoms with Crippen LogP contribution in [-0.4, -0.2) is 16.5 Å². The lowest BCUT2D eigenvalue weighted by Gasteiger charge is -2.10. The average molecular weight is 275 g/mol. The summed E-state index contributed by atoms with van der Waals surface area (Å²) in [5.74, 6) is 0. The molecule has 0 bridgehead atoms. The Bertz CT molecular complexity index is 592. The van der Waals surface area contributed by atoms with Crippen LogP contribution in [0.4, 0.5) is 13.2 Å². The predicted molar refractivity (Wildman–Crippen MR) is 59.4 cm³/mol. The Labute approximate surface area is 105 Å². The molecule has 1 N–H and O–H groups in total. The summed E-state index contributed by atoms with van der Waals surface area (Å²) in [4.78, 5) is 10.7. The zero-order valence-corrected chi connectivity index (χ0v) is 9.51. The lowest BCUT2D eigenvalue weighted by molar-refractivity contribution is -0.137. The number of nitrogens with zero attached hydrogens (tertiary/aromatic N) is 1. The summed E-state index contributed by atoms with van der Waals surface area (Å²) < 4.78 is 38.0. The van der Waals surface area contributed by atoms with Gasteiger partial charge in [-0.1, -0.05) is 17.7 Å². The van der Waals surface area contributed by atoms with Crippen molar-refractivity contribution in [1.82, 2.24) is 10.2 Å². The summed E-state index contributed by atoms with van der Waals surface area (Å²) in [6, 6.07) is 3.40. The number of benzene rings is 1. The van der Waals surface area contributed by atoms with Crippen LogP contribution in [0.5, 0.6) is 0 Å². The van der Waals surface area contributed by atoms with Crippen molar-refractivity contribution in [3.63, 3.8) is 0 Å². The number of aromatic amines is 1. The molecule has 0 aliphatic rings. The normalized spacial score (nSPS) is 11.6. The van der Waals surface area contributed by atoms with E-state index in [0.717, 1.165) is 12.1 Å². The molecule has 94 valence electrons. The van der Waals surface area contributed by atoms with Gasteiger partial charge in [-0.3, -0.25) is 9.89 Å². The van der Waals surface area contributed by atoms with Crippen LogP contribution >= 0.6 is 11.6 Å². The summed E-state index contributed by atoms with van der Waals surface area (Å²) in [7, 11) is 0. The lowest BCUT2D eigenvalue weighted by atomic mass is 10.1. The highest BCUT2D eigenvalue weighted by atomic mass is 35.5. The number of rotatable bonds is 2. The van der Waals surface area contributed by atoms with Crippen molar-refractivity contribution in [1.29, 1.82) is 0 Å². The van der Waals surface area contributed by atoms with Crippen LogP contribution in [0.15, 0.2) is 24.4 Å². The maximum absolute atomic E-state index is 12.7. The van der Waals surface area contributed by atoms with Crippen molar-refractivity contribution in [3.8, 4) is 11.3 Å². The molecule has 0 radical (unpaired) electrons. The molecule has 0 fully saturated rings. The molecule has 1 aromatic heterocycles. The smallest absolute Gasteiger partial charge is 0.298 e. The van der Waals surface area contributed by atoms with Crippen LogP contribution in [0.3, 0.4) is 0 Å². The number of hydrogen-bond donors (Lipinski definition) is 1. The molecule has 0 spiro atoms. The first-order chi connectivity index (χ1) is 8.43. The monoisotopic (exact) mass is 274 g/mol. The number of carbonyl (C=O) groups excluding carboxylic acids is 1. The van der Waals surface area contributed by atoms with E-state index in [1.165, 1.54) is 12.3 Å². The first kappa shape index (κ1) is 12.6. The van der Waals surface area contributed by atoms with Gasteiger partial charge in [-0.05, 0) is 12.1 Å². The number of nitrogens with one attached hydrogen (secondary N) is 1. The minimum Gasteiger partial charge on any atom is -0.298 e. The highest BCUT2D eigenvalue weighted by Crippen LogP contribution is 2.37. The highest BCUT2D eigenvalue weighted by Gasteiger charge is 2.33. The predicted octanol–water partition coefficient (Wildman–Crippen LogP) is 3.56. The molecule has 0 aliphatic carbocycles. The van der Waals surface area contributed by atoms with Crippen LogP contribution in [0, 0.1) is 0 Å². The van der Waals surface area contributed by atoms with E-state index in [1.807, 2.05) is 0 Å². The quantitative estimate of drug-likeness (QED) is 0.851. The third-order valence-corrected chi connectivity index (χ3v) is 2.69. The van der Waals surface area contributed by atoms with Gasteiger partial charge in [0.1, 0.15) is 0 Å². The Kier molecular flexibility index (Phi) is 3.13. The number of halogens is 4. The van der Waals surface area contributed by atoms with E-state index in [-0.39, 0.29) is 16.8 Å². The molecule has 0 aliphatic heterocycles. The molecule has 1 aromatic carbocycles. The molecule has 0 amide bonds. The Hall–Kier alpha value is -1.82. The second-order valence-corrected chi connectivity index (χ2v) is 3.92. The van der Waals surface area contributed by atoms with Gasteiger partial charge in [-0.25, -0.2) is 0 Å². The standard InChI is InChI=1S/C11H6ClF3N2O/c12-9-2-1-6(3-8(9)11(13,14)15)10-7(5-18)4-16-17-10/h1-5H,(H,16,17). The maximum atomic E-state index is 12.7. The van der Waals surface area contributed by atoms with Crippen molar-refractivity contribution in [2.45, 2.75) is 6.18 Å². The van der Waals surface area contributed by atoms with Crippen LogP contribution in [-0.2, 0) is 6.18 Å². The second kappa shape index (κ2) is 4.45. The molecule has 0 saturated heterocycles. The molecular weight excluding hydrogens is 269 g/mol. The van der Waals surface area contributed by atoms with Crippen molar-refractivity contribution >= 4 is 17.9 Å². The second-order valence-electron chi connectivity index (χ2n) is 3.51. The summed E-state index contributed by atoms with van der Waals surface area (Å²) >= 11 is 5.50. The van der Waals surface area contributed by atoms with E-state index in [4.69, 9.17) is 11.6 Å². The molecule has 2 rings (SSSR count). The molecule has 1 heterocycles. The number of H-pyrrole nitrogens is 1. The SMILES string of the molecule is O=Cc1cn[nH]c1-c1ccc(Cl)c(C(F)(F)F)c1. The zero-order chi connectivity index (χ0) is 13.3. The van der Waals surface area contributed by atoms with E-state index in [1.54, 1.807) is 0 Å². The number of carbonyl (C=O) groups is 1. The Morgan fingerprint density at radius 2 is 2.06 bits per heavy atom. The van der Waals surface area contributed by atoms with E-state index in [2.05, 4.69) is 10.2 Å². The minimum absolute atomic E-state index is 0.186. The molecule has 7 heteroatoms. The minimum atomic E-state index is -4.55. The number of hydrogen-bond acceptors (Lipinski definition) is 2. The van der Waals surface area contributed by atoms with Gasteiger partial charge in [0, 0.05) is 5.56 Å². The fourth-order valence-electron chi connectivity index (χ4n) is 1.51. The highest BCUT2D eigenvalue weighted by molar-refractivity contribution is 6.31. The number of aromatic nitrogens is 2. The summed E-state index contributed by atoms with van der Waals surface area (Å²) in [6.07, 6.45) is -2.79. The Morgan fingerprint density at radius 3 is 2.67 bits per heavy atom. The van der Waals surface area contributed by atoms with Crippen LogP contribution in [0.25, 0.3) is 11.3 Å².